The van der Waals surface area contributed by atoms with Gasteiger partial charge >= 0.3 is 0 Å². The molecule has 0 aliphatic rings. The maximum atomic E-state index is 14.3. The Bertz CT molecular complexity index is 1710. The van der Waals surface area contributed by atoms with E-state index in [1.807, 2.05) is 54.6 Å². The normalized spacial score (nSPS) is 12.4. The summed E-state index contributed by atoms with van der Waals surface area (Å²) in [6.45, 7) is 5.70. The maximum Gasteiger partial charge on any atom is 0.166 e. The molecule has 44 heavy (non-hydrogen) atoms. The Morgan fingerprint density at radius 2 is 1.73 bits per heavy atom. The van der Waals surface area contributed by atoms with Crippen molar-refractivity contribution in [2.45, 2.75) is 39.2 Å². The monoisotopic (exact) mass is 645 g/mol. The lowest BCUT2D eigenvalue weighted by Gasteiger charge is -2.30. The number of ketones is 1. The number of benzene rings is 3. The van der Waals surface area contributed by atoms with Crippen LogP contribution < -0.4 is 5.32 Å². The largest absolute Gasteiger partial charge is 0.370 e. The molecule has 6 nitrogen and oxygen atoms in total. The number of nitrogens with zero attached hydrogens (tertiary/aromatic N) is 4. The number of aromatic nitrogens is 3. The van der Waals surface area contributed by atoms with Crippen molar-refractivity contribution in [3.8, 4) is 17.3 Å². The summed E-state index contributed by atoms with van der Waals surface area (Å²) in [5.41, 5.74) is 4.34. The van der Waals surface area contributed by atoms with Crippen LogP contribution in [0.5, 0.6) is 0 Å². The zero-order chi connectivity index (χ0) is 30.9. The SMILES string of the molecule is CC(C)C(c1nc(-c2cccc(Br)c2)cn1Cc1ccccc1)[C@@H](CCCNc1ccc(C#N)cn1)C(=O)c1ccccc1. The van der Waals surface area contributed by atoms with Crippen molar-refractivity contribution in [1.82, 2.24) is 14.5 Å². The molecular formula is C37H36BrN5O. The molecule has 0 bridgehead atoms. The average Bonchev–Trinajstić information content (AvgIpc) is 3.46. The number of nitrogens with one attached hydrogen (secondary N) is 1. The summed E-state index contributed by atoms with van der Waals surface area (Å²) in [7, 11) is 0. The third-order valence-corrected chi connectivity index (χ3v) is 8.35. The van der Waals surface area contributed by atoms with Crippen LogP contribution in [0.15, 0.2) is 114 Å². The number of carbonyl (C=O) groups is 1. The van der Waals surface area contributed by atoms with Crippen LogP contribution in [0.4, 0.5) is 5.82 Å². The quantitative estimate of drug-likeness (QED) is 0.102. The van der Waals surface area contributed by atoms with Crippen molar-refractivity contribution < 1.29 is 4.79 Å². The van der Waals surface area contributed by atoms with E-state index >= 15 is 0 Å². The molecule has 222 valence electrons. The second-order valence-corrected chi connectivity index (χ2v) is 12.2. The first-order valence-corrected chi connectivity index (χ1v) is 15.8. The summed E-state index contributed by atoms with van der Waals surface area (Å²) >= 11 is 3.61. The van der Waals surface area contributed by atoms with Crippen LogP contribution in [-0.4, -0.2) is 26.9 Å². The molecule has 2 aromatic heterocycles. The zero-order valence-electron chi connectivity index (χ0n) is 25.0. The molecule has 0 fully saturated rings. The molecule has 0 radical (unpaired) electrons. The summed E-state index contributed by atoms with van der Waals surface area (Å²) in [4.78, 5) is 23.9. The molecule has 0 saturated carbocycles. The van der Waals surface area contributed by atoms with Gasteiger partial charge in [0.25, 0.3) is 0 Å². The van der Waals surface area contributed by atoms with Crippen molar-refractivity contribution in [2.24, 2.45) is 11.8 Å². The number of carbonyl (C=O) groups excluding carboxylic acids is 1. The maximum absolute atomic E-state index is 14.3. The smallest absolute Gasteiger partial charge is 0.166 e. The van der Waals surface area contributed by atoms with E-state index < -0.39 is 0 Å². The van der Waals surface area contributed by atoms with E-state index in [1.54, 1.807) is 12.3 Å². The van der Waals surface area contributed by atoms with Crippen molar-refractivity contribution in [1.29, 1.82) is 5.26 Å². The summed E-state index contributed by atoms with van der Waals surface area (Å²) < 4.78 is 3.23. The van der Waals surface area contributed by atoms with Crippen LogP contribution in [0.2, 0.25) is 0 Å². The highest BCUT2D eigenvalue weighted by Crippen LogP contribution is 2.38. The molecule has 1 N–H and O–H groups in total. The lowest BCUT2D eigenvalue weighted by Crippen LogP contribution is -2.29. The number of imidazole rings is 1. The molecule has 2 atom stereocenters. The Morgan fingerprint density at radius 3 is 2.39 bits per heavy atom. The number of Topliss-reactive ketones (excluding diaryl/α,β-unsaturated/α-hetero) is 1. The number of halogens is 1. The predicted molar refractivity (Wildman–Crippen MR) is 179 cm³/mol. The minimum atomic E-state index is -0.277. The Labute approximate surface area is 268 Å². The standard InChI is InChI=1S/C37H36BrN5O/c1-26(2)35(37-42-33(30-15-9-16-31(38)21-30)25-43(37)24-27-11-5-3-6-12-27)32(36(44)29-13-7-4-8-14-29)17-10-20-40-34-19-18-28(22-39)23-41-34/h3-9,11-16,18-19,21,23,25-26,32,35H,10,17,20,24H2,1-2H3,(H,40,41)/t32-,35?/m1/s1. The van der Waals surface area contributed by atoms with Gasteiger partial charge in [-0.2, -0.15) is 5.26 Å². The fourth-order valence-electron chi connectivity index (χ4n) is 5.73. The van der Waals surface area contributed by atoms with Crippen molar-refractivity contribution in [3.63, 3.8) is 0 Å². The van der Waals surface area contributed by atoms with Gasteiger partial charge in [-0.3, -0.25) is 4.79 Å². The molecule has 0 amide bonds. The third kappa shape index (κ3) is 7.69. The van der Waals surface area contributed by atoms with Gasteiger partial charge in [-0.15, -0.1) is 0 Å². The fourth-order valence-corrected chi connectivity index (χ4v) is 6.13. The fraction of sp³-hybridized carbons (Fsp3) is 0.243. The molecule has 5 rings (SSSR count). The van der Waals surface area contributed by atoms with Crippen LogP contribution in [-0.2, 0) is 6.54 Å². The van der Waals surface area contributed by atoms with E-state index in [-0.39, 0.29) is 23.5 Å². The first-order chi connectivity index (χ1) is 21.4. The van der Waals surface area contributed by atoms with Gasteiger partial charge < -0.3 is 9.88 Å². The topological polar surface area (TPSA) is 83.6 Å². The van der Waals surface area contributed by atoms with Gasteiger partial charge in [0.15, 0.2) is 5.78 Å². The molecule has 0 spiro atoms. The molecular weight excluding hydrogens is 610 g/mol. The molecule has 0 saturated heterocycles. The number of hydrogen-bond donors (Lipinski definition) is 1. The van der Waals surface area contributed by atoms with Gasteiger partial charge in [0.05, 0.1) is 11.3 Å². The number of pyridine rings is 1. The zero-order valence-corrected chi connectivity index (χ0v) is 26.6. The molecule has 5 aromatic rings. The number of rotatable bonds is 13. The predicted octanol–water partition coefficient (Wildman–Crippen LogP) is 8.76. The van der Waals surface area contributed by atoms with Crippen LogP contribution in [0.25, 0.3) is 11.3 Å². The van der Waals surface area contributed by atoms with E-state index in [4.69, 9.17) is 10.2 Å². The van der Waals surface area contributed by atoms with E-state index in [2.05, 4.69) is 93.3 Å². The summed E-state index contributed by atoms with van der Waals surface area (Å²) in [5, 5.41) is 12.4. The lowest BCUT2D eigenvalue weighted by atomic mass is 9.76. The third-order valence-electron chi connectivity index (χ3n) is 7.86. The number of nitriles is 1. The Hall–Kier alpha value is -4.54. The minimum Gasteiger partial charge on any atom is -0.370 e. The molecule has 3 aromatic carbocycles. The Kier molecular flexibility index (Phi) is 10.4. The van der Waals surface area contributed by atoms with Crippen molar-refractivity contribution in [2.75, 3.05) is 11.9 Å². The highest BCUT2D eigenvalue weighted by atomic mass is 79.9. The summed E-state index contributed by atoms with van der Waals surface area (Å²) in [6, 6.07) is 33.9. The summed E-state index contributed by atoms with van der Waals surface area (Å²) in [5.74, 6) is 1.55. The van der Waals surface area contributed by atoms with Gasteiger partial charge in [0.2, 0.25) is 0 Å². The van der Waals surface area contributed by atoms with Gasteiger partial charge in [-0.05, 0) is 48.6 Å². The molecule has 0 aliphatic carbocycles. The van der Waals surface area contributed by atoms with E-state index in [0.29, 0.717) is 30.9 Å². The summed E-state index contributed by atoms with van der Waals surface area (Å²) in [6.07, 6.45) is 5.15. The minimum absolute atomic E-state index is 0.111. The Balaban J connectivity index is 1.50. The van der Waals surface area contributed by atoms with E-state index in [0.717, 1.165) is 33.5 Å². The highest BCUT2D eigenvalue weighted by molar-refractivity contribution is 9.10. The molecule has 0 aliphatic heterocycles. The molecule has 7 heteroatoms. The number of anilines is 1. The van der Waals surface area contributed by atoms with Crippen molar-refractivity contribution in [3.05, 3.63) is 136 Å². The van der Waals surface area contributed by atoms with Gasteiger partial charge in [-0.25, -0.2) is 9.97 Å². The number of hydrogen-bond acceptors (Lipinski definition) is 5. The average molecular weight is 647 g/mol. The van der Waals surface area contributed by atoms with Gasteiger partial charge in [-0.1, -0.05) is 103 Å². The molecule has 2 heterocycles. The van der Waals surface area contributed by atoms with Gasteiger partial charge in [0.1, 0.15) is 17.7 Å². The van der Waals surface area contributed by atoms with Gasteiger partial charge in [0, 0.05) is 52.9 Å². The van der Waals surface area contributed by atoms with Crippen LogP contribution in [0, 0.1) is 23.2 Å². The van der Waals surface area contributed by atoms with E-state index in [1.165, 1.54) is 5.56 Å². The second-order valence-electron chi connectivity index (χ2n) is 11.3. The van der Waals surface area contributed by atoms with Crippen LogP contribution in [0.1, 0.15) is 59.9 Å². The first kappa shape index (κ1) is 30.9. The van der Waals surface area contributed by atoms with Crippen LogP contribution >= 0.6 is 15.9 Å². The highest BCUT2D eigenvalue weighted by Gasteiger charge is 2.35. The molecule has 1 unspecified atom stereocenters. The van der Waals surface area contributed by atoms with E-state index in [9.17, 15) is 4.79 Å². The second kappa shape index (κ2) is 14.8. The lowest BCUT2D eigenvalue weighted by molar-refractivity contribution is 0.0868. The first-order valence-electron chi connectivity index (χ1n) is 15.0. The Morgan fingerprint density at radius 1 is 0.977 bits per heavy atom. The van der Waals surface area contributed by atoms with Crippen LogP contribution in [0.3, 0.4) is 0 Å². The van der Waals surface area contributed by atoms with Crippen molar-refractivity contribution >= 4 is 27.5 Å².